The highest BCUT2D eigenvalue weighted by atomic mass is 32.2. The standard InChI is InChI=1S/C24H27N5O3S2/c1-16-22(24(30)29-12-6-4-5-7-13-29)33-23(26-16)20-14-21(17(2)28(20)3)34(31,32)27-19-10-8-18(15-25)9-11-19/h8-11,14,27H,4-7,12-13H2,1-3H3. The Morgan fingerprint density at radius 2 is 1.76 bits per heavy atom. The molecule has 0 saturated carbocycles. The molecule has 2 aromatic heterocycles. The van der Waals surface area contributed by atoms with Crippen LogP contribution in [0.3, 0.4) is 0 Å². The van der Waals surface area contributed by atoms with Crippen LogP contribution in [0, 0.1) is 25.2 Å². The van der Waals surface area contributed by atoms with Gasteiger partial charge in [0.1, 0.15) is 14.8 Å². The molecule has 3 aromatic rings. The molecule has 0 atom stereocenters. The number of nitriles is 1. The van der Waals surface area contributed by atoms with Gasteiger partial charge in [0.25, 0.3) is 15.9 Å². The zero-order valence-electron chi connectivity index (χ0n) is 19.5. The molecule has 0 spiro atoms. The van der Waals surface area contributed by atoms with Crippen molar-refractivity contribution < 1.29 is 13.2 Å². The van der Waals surface area contributed by atoms with Gasteiger partial charge in [-0.2, -0.15) is 5.26 Å². The fraction of sp³-hybridized carbons (Fsp3) is 0.375. The third kappa shape index (κ3) is 4.72. The molecule has 1 amide bonds. The molecule has 1 aliphatic rings. The summed E-state index contributed by atoms with van der Waals surface area (Å²) >= 11 is 1.31. The molecule has 4 rings (SSSR count). The SMILES string of the molecule is Cc1nc(-c2cc(S(=O)(=O)Nc3ccc(C#N)cc3)c(C)n2C)sc1C(=O)N1CCCCCC1. The summed E-state index contributed by atoms with van der Waals surface area (Å²) in [6.07, 6.45) is 4.32. The topological polar surface area (TPSA) is 108 Å². The highest BCUT2D eigenvalue weighted by Crippen LogP contribution is 2.33. The Balaban J connectivity index is 1.63. The summed E-state index contributed by atoms with van der Waals surface area (Å²) in [7, 11) is -2.08. The lowest BCUT2D eigenvalue weighted by molar-refractivity contribution is 0.0765. The van der Waals surface area contributed by atoms with E-state index >= 15 is 0 Å². The molecule has 1 N–H and O–H groups in total. The second-order valence-electron chi connectivity index (χ2n) is 8.47. The average Bonchev–Trinajstić information content (AvgIpc) is 3.20. The lowest BCUT2D eigenvalue weighted by Crippen LogP contribution is -2.31. The van der Waals surface area contributed by atoms with Gasteiger partial charge in [0, 0.05) is 31.5 Å². The number of nitrogens with one attached hydrogen (secondary N) is 1. The van der Waals surface area contributed by atoms with Crippen molar-refractivity contribution in [2.24, 2.45) is 7.05 Å². The number of rotatable bonds is 5. The van der Waals surface area contributed by atoms with Gasteiger partial charge in [-0.25, -0.2) is 13.4 Å². The number of carbonyl (C=O) groups excluding carboxylic acids is 1. The number of likely N-dealkylation sites (tertiary alicyclic amines) is 1. The van der Waals surface area contributed by atoms with Gasteiger partial charge in [-0.15, -0.1) is 11.3 Å². The van der Waals surface area contributed by atoms with E-state index in [-0.39, 0.29) is 10.8 Å². The zero-order chi connectivity index (χ0) is 24.5. The molecule has 0 bridgehead atoms. The molecular formula is C24H27N5O3S2. The largest absolute Gasteiger partial charge is 0.345 e. The van der Waals surface area contributed by atoms with E-state index in [1.807, 2.05) is 17.9 Å². The molecule has 3 heterocycles. The summed E-state index contributed by atoms with van der Waals surface area (Å²) in [4.78, 5) is 20.4. The lowest BCUT2D eigenvalue weighted by Gasteiger charge is -2.19. The summed E-state index contributed by atoms with van der Waals surface area (Å²) in [6, 6.07) is 9.84. The van der Waals surface area contributed by atoms with Crippen LogP contribution in [0.15, 0.2) is 35.2 Å². The molecule has 8 nitrogen and oxygen atoms in total. The fourth-order valence-corrected chi connectivity index (χ4v) is 6.53. The van der Waals surface area contributed by atoms with Crippen molar-refractivity contribution in [3.05, 3.63) is 52.2 Å². The Morgan fingerprint density at radius 3 is 2.38 bits per heavy atom. The summed E-state index contributed by atoms with van der Waals surface area (Å²) < 4.78 is 30.6. The number of sulfonamides is 1. The lowest BCUT2D eigenvalue weighted by atomic mass is 10.2. The molecule has 0 unspecified atom stereocenters. The summed E-state index contributed by atoms with van der Waals surface area (Å²) in [5.74, 6) is 0.00408. The monoisotopic (exact) mass is 497 g/mol. The molecule has 10 heteroatoms. The van der Waals surface area contributed by atoms with Crippen LogP contribution in [0.25, 0.3) is 10.7 Å². The van der Waals surface area contributed by atoms with Gasteiger partial charge in [-0.1, -0.05) is 12.8 Å². The number of aryl methyl sites for hydroxylation is 1. The summed E-state index contributed by atoms with van der Waals surface area (Å²) in [5.41, 5.74) is 2.68. The van der Waals surface area contributed by atoms with Crippen LogP contribution in [0.2, 0.25) is 0 Å². The zero-order valence-corrected chi connectivity index (χ0v) is 21.1. The Kier molecular flexibility index (Phi) is 6.77. The van der Waals surface area contributed by atoms with Crippen molar-refractivity contribution in [1.29, 1.82) is 5.26 Å². The Hall–Kier alpha value is -3.16. The maximum atomic E-state index is 13.1. The highest BCUT2D eigenvalue weighted by Gasteiger charge is 2.27. The molecule has 178 valence electrons. The molecule has 1 aromatic carbocycles. The number of thiazole rings is 1. The maximum absolute atomic E-state index is 13.1. The molecule has 0 aliphatic carbocycles. The predicted octanol–water partition coefficient (Wildman–Crippen LogP) is 4.45. The molecule has 1 saturated heterocycles. The third-order valence-electron chi connectivity index (χ3n) is 6.15. The van der Waals surface area contributed by atoms with E-state index in [1.165, 1.54) is 11.3 Å². The molecular weight excluding hydrogens is 470 g/mol. The van der Waals surface area contributed by atoms with Crippen molar-refractivity contribution in [2.45, 2.75) is 44.4 Å². The van der Waals surface area contributed by atoms with Gasteiger partial charge in [0.15, 0.2) is 0 Å². The predicted molar refractivity (Wildman–Crippen MR) is 132 cm³/mol. The molecule has 34 heavy (non-hydrogen) atoms. The number of aromatic nitrogens is 2. The van der Waals surface area contributed by atoms with Gasteiger partial charge in [0.05, 0.1) is 23.0 Å². The van der Waals surface area contributed by atoms with Crippen LogP contribution in [0.4, 0.5) is 5.69 Å². The second kappa shape index (κ2) is 9.60. The summed E-state index contributed by atoms with van der Waals surface area (Å²) in [5, 5.41) is 9.55. The van der Waals surface area contributed by atoms with Crippen molar-refractivity contribution >= 4 is 33.0 Å². The minimum Gasteiger partial charge on any atom is -0.345 e. The first-order valence-corrected chi connectivity index (χ1v) is 13.5. The first-order valence-electron chi connectivity index (χ1n) is 11.2. The molecule has 0 radical (unpaired) electrons. The number of hydrogen-bond acceptors (Lipinski definition) is 6. The van der Waals surface area contributed by atoms with Crippen LogP contribution in [0.5, 0.6) is 0 Å². The van der Waals surface area contributed by atoms with Gasteiger partial charge in [-0.05, 0) is 57.0 Å². The maximum Gasteiger partial charge on any atom is 0.265 e. The first-order chi connectivity index (χ1) is 16.2. The third-order valence-corrected chi connectivity index (χ3v) is 8.81. The van der Waals surface area contributed by atoms with E-state index < -0.39 is 10.0 Å². The number of carbonyl (C=O) groups is 1. The van der Waals surface area contributed by atoms with Crippen molar-refractivity contribution in [1.82, 2.24) is 14.5 Å². The van der Waals surface area contributed by atoms with E-state index in [4.69, 9.17) is 5.26 Å². The molecule has 1 aliphatic heterocycles. The average molecular weight is 498 g/mol. The van der Waals surface area contributed by atoms with E-state index in [0.717, 1.165) is 38.8 Å². The highest BCUT2D eigenvalue weighted by molar-refractivity contribution is 7.92. The van der Waals surface area contributed by atoms with Crippen LogP contribution >= 0.6 is 11.3 Å². The van der Waals surface area contributed by atoms with Crippen LogP contribution in [-0.4, -0.2) is 41.9 Å². The van der Waals surface area contributed by atoms with E-state index in [0.29, 0.717) is 38.2 Å². The van der Waals surface area contributed by atoms with E-state index in [1.54, 1.807) is 48.9 Å². The number of nitrogens with zero attached hydrogens (tertiary/aromatic N) is 4. The normalized spacial score (nSPS) is 14.5. The molecule has 1 fully saturated rings. The smallest absolute Gasteiger partial charge is 0.265 e. The van der Waals surface area contributed by atoms with Crippen LogP contribution in [-0.2, 0) is 17.1 Å². The minimum atomic E-state index is -3.87. The van der Waals surface area contributed by atoms with Crippen LogP contribution < -0.4 is 4.72 Å². The Morgan fingerprint density at radius 1 is 1.12 bits per heavy atom. The minimum absolute atomic E-state index is 0.00408. The Bertz CT molecular complexity index is 1360. The van der Waals surface area contributed by atoms with Crippen molar-refractivity contribution in [3.8, 4) is 16.8 Å². The quantitative estimate of drug-likeness (QED) is 0.560. The first kappa shape index (κ1) is 24.0. The fourth-order valence-electron chi connectivity index (χ4n) is 4.09. The van der Waals surface area contributed by atoms with Crippen molar-refractivity contribution in [3.63, 3.8) is 0 Å². The van der Waals surface area contributed by atoms with E-state index in [9.17, 15) is 13.2 Å². The van der Waals surface area contributed by atoms with E-state index in [2.05, 4.69) is 9.71 Å². The van der Waals surface area contributed by atoms with Gasteiger partial charge in [0.2, 0.25) is 0 Å². The van der Waals surface area contributed by atoms with Crippen LogP contribution in [0.1, 0.15) is 52.3 Å². The van der Waals surface area contributed by atoms with Gasteiger partial charge < -0.3 is 9.47 Å². The second-order valence-corrected chi connectivity index (χ2v) is 11.1. The van der Waals surface area contributed by atoms with Gasteiger partial charge in [-0.3, -0.25) is 9.52 Å². The van der Waals surface area contributed by atoms with Gasteiger partial charge >= 0.3 is 0 Å². The number of hydrogen-bond donors (Lipinski definition) is 1. The summed E-state index contributed by atoms with van der Waals surface area (Å²) in [6.45, 7) is 5.09. The number of anilines is 1. The Labute approximate surface area is 203 Å². The number of amides is 1. The number of benzene rings is 1. The van der Waals surface area contributed by atoms with Crippen molar-refractivity contribution in [2.75, 3.05) is 17.8 Å².